The Morgan fingerprint density at radius 2 is 2.23 bits per heavy atom. The van der Waals surface area contributed by atoms with Gasteiger partial charge in [0, 0.05) is 18.9 Å². The third kappa shape index (κ3) is 2.56. The van der Waals surface area contributed by atoms with E-state index in [1.165, 1.54) is 32.4 Å². The number of hydrogen-bond acceptors (Lipinski definition) is 2. The van der Waals surface area contributed by atoms with Crippen LogP contribution >= 0.6 is 0 Å². The average Bonchev–Trinajstić information content (AvgIpc) is 2.69. The second-order valence-electron chi connectivity index (χ2n) is 3.75. The van der Waals surface area contributed by atoms with Crippen molar-refractivity contribution in [1.29, 1.82) is 0 Å². The molecule has 3 heteroatoms. The minimum absolute atomic E-state index is 0.908. The Labute approximate surface area is 79.1 Å². The predicted octanol–water partition coefficient (Wildman–Crippen LogP) is 1.27. The lowest BCUT2D eigenvalue weighted by Gasteiger charge is -2.22. The van der Waals surface area contributed by atoms with Crippen molar-refractivity contribution >= 4 is 0 Å². The molecule has 0 atom stereocenters. The van der Waals surface area contributed by atoms with Crippen molar-refractivity contribution in [3.63, 3.8) is 0 Å². The summed E-state index contributed by atoms with van der Waals surface area (Å²) < 4.78 is 2.03. The molecule has 72 valence electrons. The average molecular weight is 179 g/mol. The van der Waals surface area contributed by atoms with Gasteiger partial charge in [0.2, 0.25) is 0 Å². The van der Waals surface area contributed by atoms with Crippen LogP contribution in [0.5, 0.6) is 0 Å². The van der Waals surface area contributed by atoms with Gasteiger partial charge >= 0.3 is 0 Å². The summed E-state index contributed by atoms with van der Waals surface area (Å²) in [7, 11) is 0. The Hall–Kier alpha value is -0.830. The molecular weight excluding hydrogens is 162 g/mol. The lowest BCUT2D eigenvalue weighted by atomic mass is 9.95. The van der Waals surface area contributed by atoms with Crippen LogP contribution in [-0.4, -0.2) is 22.9 Å². The zero-order chi connectivity index (χ0) is 8.93. The van der Waals surface area contributed by atoms with E-state index in [9.17, 15) is 0 Å². The normalized spacial score (nSPS) is 19.1. The van der Waals surface area contributed by atoms with E-state index in [1.807, 2.05) is 23.1 Å². The molecule has 0 bridgehead atoms. The number of rotatable bonds is 3. The van der Waals surface area contributed by atoms with Gasteiger partial charge < -0.3 is 5.32 Å². The molecule has 0 radical (unpaired) electrons. The van der Waals surface area contributed by atoms with E-state index >= 15 is 0 Å². The molecule has 0 saturated carbocycles. The number of piperidine rings is 1. The predicted molar refractivity (Wildman–Crippen MR) is 52.4 cm³/mol. The van der Waals surface area contributed by atoms with Gasteiger partial charge in [-0.05, 0) is 44.3 Å². The second-order valence-corrected chi connectivity index (χ2v) is 3.75. The molecule has 1 aliphatic rings. The van der Waals surface area contributed by atoms with Crippen molar-refractivity contribution in [3.05, 3.63) is 18.5 Å². The highest BCUT2D eigenvalue weighted by molar-refractivity contribution is 4.78. The molecule has 2 heterocycles. The zero-order valence-electron chi connectivity index (χ0n) is 7.95. The molecule has 2 rings (SSSR count). The maximum Gasteiger partial charge on any atom is 0.0489 e. The van der Waals surface area contributed by atoms with Crippen LogP contribution in [0.3, 0.4) is 0 Å². The molecule has 1 aliphatic heterocycles. The topological polar surface area (TPSA) is 29.9 Å². The first-order valence-corrected chi connectivity index (χ1v) is 5.13. The van der Waals surface area contributed by atoms with E-state index in [2.05, 4.69) is 10.4 Å². The number of nitrogens with one attached hydrogen (secondary N) is 1. The zero-order valence-corrected chi connectivity index (χ0v) is 7.95. The SMILES string of the molecule is c1cnn(CCC2CCNCC2)c1. The molecule has 0 aromatic carbocycles. The minimum atomic E-state index is 0.908. The van der Waals surface area contributed by atoms with Crippen LogP contribution < -0.4 is 5.32 Å². The van der Waals surface area contributed by atoms with E-state index in [0.29, 0.717) is 0 Å². The van der Waals surface area contributed by atoms with Gasteiger partial charge in [-0.2, -0.15) is 5.10 Å². The minimum Gasteiger partial charge on any atom is -0.317 e. The highest BCUT2D eigenvalue weighted by Crippen LogP contribution is 2.16. The van der Waals surface area contributed by atoms with Gasteiger partial charge in [0.1, 0.15) is 0 Å². The quantitative estimate of drug-likeness (QED) is 0.757. The summed E-state index contributed by atoms with van der Waals surface area (Å²) in [6.45, 7) is 3.48. The van der Waals surface area contributed by atoms with E-state index in [-0.39, 0.29) is 0 Å². The molecular formula is C10H17N3. The summed E-state index contributed by atoms with van der Waals surface area (Å²) >= 11 is 0. The number of hydrogen-bond donors (Lipinski definition) is 1. The fourth-order valence-electron chi connectivity index (χ4n) is 1.92. The Bertz CT molecular complexity index is 224. The lowest BCUT2D eigenvalue weighted by molar-refractivity contribution is 0.332. The first-order valence-electron chi connectivity index (χ1n) is 5.13. The Kier molecular flexibility index (Phi) is 2.98. The van der Waals surface area contributed by atoms with Gasteiger partial charge in [-0.15, -0.1) is 0 Å². The van der Waals surface area contributed by atoms with Crippen molar-refractivity contribution in [2.45, 2.75) is 25.8 Å². The van der Waals surface area contributed by atoms with Crippen molar-refractivity contribution in [2.24, 2.45) is 5.92 Å². The third-order valence-corrected chi connectivity index (χ3v) is 2.78. The fraction of sp³-hybridized carbons (Fsp3) is 0.700. The van der Waals surface area contributed by atoms with Crippen molar-refractivity contribution < 1.29 is 0 Å². The molecule has 13 heavy (non-hydrogen) atoms. The molecule has 3 nitrogen and oxygen atoms in total. The number of aryl methyl sites for hydroxylation is 1. The lowest BCUT2D eigenvalue weighted by Crippen LogP contribution is -2.28. The highest BCUT2D eigenvalue weighted by Gasteiger charge is 2.12. The Morgan fingerprint density at radius 3 is 2.92 bits per heavy atom. The molecule has 1 aromatic heterocycles. The molecule has 1 saturated heterocycles. The van der Waals surface area contributed by atoms with Crippen LogP contribution in [0.1, 0.15) is 19.3 Å². The first-order chi connectivity index (χ1) is 6.45. The van der Waals surface area contributed by atoms with E-state index < -0.39 is 0 Å². The first kappa shape index (κ1) is 8.75. The van der Waals surface area contributed by atoms with Gasteiger partial charge in [0.15, 0.2) is 0 Å². The van der Waals surface area contributed by atoms with Gasteiger partial charge in [0.25, 0.3) is 0 Å². The monoisotopic (exact) mass is 179 g/mol. The summed E-state index contributed by atoms with van der Waals surface area (Å²) in [6.07, 6.45) is 7.84. The van der Waals surface area contributed by atoms with Gasteiger partial charge in [-0.1, -0.05) is 0 Å². The van der Waals surface area contributed by atoms with Gasteiger partial charge in [-0.3, -0.25) is 4.68 Å². The Balaban J connectivity index is 1.72. The van der Waals surface area contributed by atoms with Crippen LogP contribution in [0.4, 0.5) is 0 Å². The third-order valence-electron chi connectivity index (χ3n) is 2.78. The summed E-state index contributed by atoms with van der Waals surface area (Å²) in [5.41, 5.74) is 0. The summed E-state index contributed by atoms with van der Waals surface area (Å²) in [6, 6.07) is 1.99. The number of aromatic nitrogens is 2. The van der Waals surface area contributed by atoms with Crippen LogP contribution in [0.2, 0.25) is 0 Å². The van der Waals surface area contributed by atoms with Crippen molar-refractivity contribution in [3.8, 4) is 0 Å². The second kappa shape index (κ2) is 4.42. The molecule has 1 N–H and O–H groups in total. The summed E-state index contributed by atoms with van der Waals surface area (Å²) in [5, 5.41) is 7.59. The van der Waals surface area contributed by atoms with Crippen molar-refractivity contribution in [2.75, 3.05) is 13.1 Å². The maximum atomic E-state index is 4.20. The van der Waals surface area contributed by atoms with Gasteiger partial charge in [-0.25, -0.2) is 0 Å². The van der Waals surface area contributed by atoms with Crippen LogP contribution in [0, 0.1) is 5.92 Å². The highest BCUT2D eigenvalue weighted by atomic mass is 15.3. The largest absolute Gasteiger partial charge is 0.317 e. The summed E-state index contributed by atoms with van der Waals surface area (Å²) in [4.78, 5) is 0. The van der Waals surface area contributed by atoms with Crippen LogP contribution in [0.15, 0.2) is 18.5 Å². The molecule has 0 unspecified atom stereocenters. The van der Waals surface area contributed by atoms with Gasteiger partial charge in [0.05, 0.1) is 0 Å². The van der Waals surface area contributed by atoms with E-state index in [1.54, 1.807) is 0 Å². The summed E-state index contributed by atoms with van der Waals surface area (Å²) in [5.74, 6) is 0.908. The molecule has 1 fully saturated rings. The standard InChI is InChI=1S/C10H17N3/c1-5-12-13(8-1)9-4-10-2-6-11-7-3-10/h1,5,8,10-11H,2-4,6-7,9H2. The molecule has 0 spiro atoms. The van der Waals surface area contributed by atoms with Crippen LogP contribution in [-0.2, 0) is 6.54 Å². The van der Waals surface area contributed by atoms with Crippen molar-refractivity contribution in [1.82, 2.24) is 15.1 Å². The fourth-order valence-corrected chi connectivity index (χ4v) is 1.92. The smallest absolute Gasteiger partial charge is 0.0489 e. The maximum absolute atomic E-state index is 4.20. The molecule has 0 aliphatic carbocycles. The Morgan fingerprint density at radius 1 is 1.38 bits per heavy atom. The number of nitrogens with zero attached hydrogens (tertiary/aromatic N) is 2. The van der Waals surface area contributed by atoms with E-state index in [0.717, 1.165) is 12.5 Å². The molecule has 0 amide bonds. The van der Waals surface area contributed by atoms with Crippen LogP contribution in [0.25, 0.3) is 0 Å². The van der Waals surface area contributed by atoms with E-state index in [4.69, 9.17) is 0 Å². The molecule has 1 aromatic rings.